The van der Waals surface area contributed by atoms with E-state index in [0.29, 0.717) is 0 Å². The second-order valence-electron chi connectivity index (χ2n) is 4.27. The maximum absolute atomic E-state index is 9.14. The molecule has 0 aromatic carbocycles. The van der Waals surface area contributed by atoms with Crippen LogP contribution in [0.3, 0.4) is 0 Å². The molecular weight excluding hydrogens is 176 g/mol. The summed E-state index contributed by atoms with van der Waals surface area (Å²) in [6, 6.07) is 0. The summed E-state index contributed by atoms with van der Waals surface area (Å²) in [5, 5.41) is 9.14. The van der Waals surface area contributed by atoms with Gasteiger partial charge in [-0.3, -0.25) is 0 Å². The normalized spacial score (nSPS) is 22.5. The highest BCUT2D eigenvalue weighted by Gasteiger charge is 2.14. The summed E-state index contributed by atoms with van der Waals surface area (Å²) in [4.78, 5) is 5.00. The van der Waals surface area contributed by atoms with E-state index in [1.807, 2.05) is 6.92 Å². The molecule has 14 heavy (non-hydrogen) atoms. The molecule has 3 nitrogen and oxygen atoms in total. The summed E-state index contributed by atoms with van der Waals surface area (Å²) >= 11 is 0. The Morgan fingerprint density at radius 3 is 2.21 bits per heavy atom. The van der Waals surface area contributed by atoms with E-state index in [0.717, 1.165) is 19.4 Å². The van der Waals surface area contributed by atoms with Crippen molar-refractivity contribution in [3.63, 3.8) is 0 Å². The Bertz CT molecular complexity index is 142. The Hall–Kier alpha value is -0.120. The molecule has 1 aliphatic rings. The third-order valence-corrected chi connectivity index (χ3v) is 3.01. The average molecular weight is 200 g/mol. The first-order valence-corrected chi connectivity index (χ1v) is 5.85. The van der Waals surface area contributed by atoms with Crippen LogP contribution >= 0.6 is 0 Å². The minimum atomic E-state index is -0.132. The number of likely N-dealkylation sites (N-methyl/N-ethyl adjacent to an activating group) is 1. The predicted octanol–water partition coefficient (Wildman–Crippen LogP) is 0.785. The minimum Gasteiger partial charge on any atom is -0.393 e. The summed E-state index contributed by atoms with van der Waals surface area (Å²) in [7, 11) is 0. The van der Waals surface area contributed by atoms with E-state index in [4.69, 9.17) is 5.11 Å². The predicted molar refractivity (Wildman–Crippen MR) is 59.5 cm³/mol. The number of hydrogen-bond acceptors (Lipinski definition) is 3. The van der Waals surface area contributed by atoms with Crippen LogP contribution in [-0.2, 0) is 0 Å². The molecule has 1 fully saturated rings. The molecule has 1 unspecified atom stereocenters. The van der Waals surface area contributed by atoms with Crippen molar-refractivity contribution in [1.82, 2.24) is 9.80 Å². The molecule has 0 aromatic heterocycles. The van der Waals surface area contributed by atoms with Gasteiger partial charge in [0.1, 0.15) is 0 Å². The van der Waals surface area contributed by atoms with Crippen LogP contribution in [0.4, 0.5) is 0 Å². The number of hydrogen-bond donors (Lipinski definition) is 1. The summed E-state index contributed by atoms with van der Waals surface area (Å²) in [6.45, 7) is 11.3. The van der Waals surface area contributed by atoms with Crippen LogP contribution in [0.25, 0.3) is 0 Å². The van der Waals surface area contributed by atoms with Gasteiger partial charge in [0, 0.05) is 26.2 Å². The summed E-state index contributed by atoms with van der Waals surface area (Å²) < 4.78 is 0. The maximum atomic E-state index is 9.14. The zero-order chi connectivity index (χ0) is 10.4. The van der Waals surface area contributed by atoms with E-state index < -0.39 is 0 Å². The van der Waals surface area contributed by atoms with Gasteiger partial charge in [-0.15, -0.1) is 0 Å². The van der Waals surface area contributed by atoms with Crippen molar-refractivity contribution in [2.24, 2.45) is 0 Å². The van der Waals surface area contributed by atoms with Gasteiger partial charge in [0.2, 0.25) is 0 Å². The van der Waals surface area contributed by atoms with Crippen molar-refractivity contribution in [3.8, 4) is 0 Å². The van der Waals surface area contributed by atoms with Crippen LogP contribution in [0.2, 0.25) is 0 Å². The monoisotopic (exact) mass is 200 g/mol. The van der Waals surface area contributed by atoms with Gasteiger partial charge in [-0.1, -0.05) is 6.92 Å². The number of aliphatic hydroxyl groups excluding tert-OH is 1. The SMILES string of the molecule is CCN1CCN(CCCC(C)O)CC1. The zero-order valence-electron chi connectivity index (χ0n) is 9.58. The van der Waals surface area contributed by atoms with E-state index >= 15 is 0 Å². The second-order valence-corrected chi connectivity index (χ2v) is 4.27. The number of rotatable bonds is 5. The molecule has 1 rings (SSSR count). The van der Waals surface area contributed by atoms with Crippen molar-refractivity contribution >= 4 is 0 Å². The van der Waals surface area contributed by atoms with Crippen molar-refractivity contribution in [3.05, 3.63) is 0 Å². The molecule has 0 bridgehead atoms. The van der Waals surface area contributed by atoms with Crippen molar-refractivity contribution < 1.29 is 5.11 Å². The number of nitrogens with zero attached hydrogens (tertiary/aromatic N) is 2. The van der Waals surface area contributed by atoms with E-state index in [-0.39, 0.29) is 6.10 Å². The van der Waals surface area contributed by atoms with Crippen LogP contribution in [0, 0.1) is 0 Å². The van der Waals surface area contributed by atoms with Crippen molar-refractivity contribution in [2.75, 3.05) is 39.3 Å². The quantitative estimate of drug-likeness (QED) is 0.710. The molecule has 0 amide bonds. The van der Waals surface area contributed by atoms with Crippen LogP contribution < -0.4 is 0 Å². The zero-order valence-corrected chi connectivity index (χ0v) is 9.58. The van der Waals surface area contributed by atoms with Gasteiger partial charge in [-0.25, -0.2) is 0 Å². The van der Waals surface area contributed by atoms with Gasteiger partial charge in [0.25, 0.3) is 0 Å². The lowest BCUT2D eigenvalue weighted by Gasteiger charge is -2.34. The molecule has 84 valence electrons. The van der Waals surface area contributed by atoms with Crippen LogP contribution in [0.1, 0.15) is 26.7 Å². The molecule has 0 saturated carbocycles. The third kappa shape index (κ3) is 4.40. The Balaban J connectivity index is 2.04. The van der Waals surface area contributed by atoms with Crippen LogP contribution in [-0.4, -0.2) is 60.3 Å². The molecule has 0 spiro atoms. The van der Waals surface area contributed by atoms with Gasteiger partial charge in [-0.2, -0.15) is 0 Å². The molecular formula is C11H24N2O. The molecule has 1 atom stereocenters. The largest absolute Gasteiger partial charge is 0.393 e. The van der Waals surface area contributed by atoms with Crippen molar-refractivity contribution in [2.45, 2.75) is 32.8 Å². The molecule has 1 heterocycles. The topological polar surface area (TPSA) is 26.7 Å². The smallest absolute Gasteiger partial charge is 0.0512 e. The highest BCUT2D eigenvalue weighted by atomic mass is 16.3. The molecule has 1 aliphatic heterocycles. The Morgan fingerprint density at radius 2 is 1.71 bits per heavy atom. The fourth-order valence-corrected chi connectivity index (χ4v) is 1.94. The van der Waals surface area contributed by atoms with E-state index in [1.165, 1.54) is 32.7 Å². The van der Waals surface area contributed by atoms with E-state index in [2.05, 4.69) is 16.7 Å². The molecule has 0 aliphatic carbocycles. The van der Waals surface area contributed by atoms with Crippen molar-refractivity contribution in [1.29, 1.82) is 0 Å². The Kier molecular flexibility index (Phi) is 5.45. The molecule has 0 radical (unpaired) electrons. The fraction of sp³-hybridized carbons (Fsp3) is 1.00. The van der Waals surface area contributed by atoms with Gasteiger partial charge in [-0.05, 0) is 32.9 Å². The second kappa shape index (κ2) is 6.38. The van der Waals surface area contributed by atoms with E-state index in [1.54, 1.807) is 0 Å². The molecule has 3 heteroatoms. The summed E-state index contributed by atoms with van der Waals surface area (Å²) in [5.74, 6) is 0. The standard InChI is InChI=1S/C11H24N2O/c1-3-12-7-9-13(10-8-12)6-4-5-11(2)14/h11,14H,3-10H2,1-2H3. The fourth-order valence-electron chi connectivity index (χ4n) is 1.94. The molecule has 0 aromatic rings. The Morgan fingerprint density at radius 1 is 1.14 bits per heavy atom. The first kappa shape index (κ1) is 12.0. The first-order valence-electron chi connectivity index (χ1n) is 5.85. The molecule has 1 N–H and O–H groups in total. The average Bonchev–Trinajstić information content (AvgIpc) is 2.18. The number of aliphatic hydroxyl groups is 1. The number of piperazine rings is 1. The lowest BCUT2D eigenvalue weighted by Crippen LogP contribution is -2.46. The Labute approximate surface area is 87.7 Å². The van der Waals surface area contributed by atoms with Gasteiger partial charge in [0.15, 0.2) is 0 Å². The maximum Gasteiger partial charge on any atom is 0.0512 e. The lowest BCUT2D eigenvalue weighted by molar-refractivity contribution is 0.125. The first-order chi connectivity index (χ1) is 6.72. The van der Waals surface area contributed by atoms with Crippen LogP contribution in [0.5, 0.6) is 0 Å². The lowest BCUT2D eigenvalue weighted by atomic mass is 10.2. The minimum absolute atomic E-state index is 0.132. The van der Waals surface area contributed by atoms with Gasteiger partial charge >= 0.3 is 0 Å². The van der Waals surface area contributed by atoms with Crippen LogP contribution in [0.15, 0.2) is 0 Å². The highest BCUT2D eigenvalue weighted by Crippen LogP contribution is 2.04. The third-order valence-electron chi connectivity index (χ3n) is 3.01. The summed E-state index contributed by atoms with van der Waals surface area (Å²) in [6.07, 6.45) is 1.93. The van der Waals surface area contributed by atoms with Gasteiger partial charge in [0.05, 0.1) is 6.10 Å². The van der Waals surface area contributed by atoms with Gasteiger partial charge < -0.3 is 14.9 Å². The summed E-state index contributed by atoms with van der Waals surface area (Å²) in [5.41, 5.74) is 0. The molecule has 1 saturated heterocycles. The highest BCUT2D eigenvalue weighted by molar-refractivity contribution is 4.70. The van der Waals surface area contributed by atoms with E-state index in [9.17, 15) is 0 Å².